The number of para-hydroxylation sites is 1. The number of nitrogens with one attached hydrogen (secondary N) is 1. The second kappa shape index (κ2) is 6.63. The molecule has 0 fully saturated rings. The number of hydrogen-bond donors (Lipinski definition) is 1. The lowest BCUT2D eigenvalue weighted by Gasteiger charge is -2.24. The van der Waals surface area contributed by atoms with E-state index < -0.39 is 0 Å². The van der Waals surface area contributed by atoms with Gasteiger partial charge >= 0.3 is 0 Å². The zero-order valence-corrected chi connectivity index (χ0v) is 14.4. The first kappa shape index (κ1) is 15.8. The molecule has 128 valence electrons. The zero-order chi connectivity index (χ0) is 17.2. The molecule has 4 nitrogen and oxygen atoms in total. The van der Waals surface area contributed by atoms with E-state index in [-0.39, 0.29) is 11.8 Å². The molecule has 0 radical (unpaired) electrons. The molecule has 0 bridgehead atoms. The van der Waals surface area contributed by atoms with E-state index in [9.17, 15) is 4.79 Å². The highest BCUT2D eigenvalue weighted by Crippen LogP contribution is 2.28. The number of benzene rings is 2. The molecule has 1 aliphatic rings. The van der Waals surface area contributed by atoms with Crippen molar-refractivity contribution >= 4 is 22.5 Å². The summed E-state index contributed by atoms with van der Waals surface area (Å²) < 4.78 is 7.97. The Bertz CT molecular complexity index is 913. The van der Waals surface area contributed by atoms with Gasteiger partial charge in [0.2, 0.25) is 5.91 Å². The molecule has 1 aliphatic heterocycles. The van der Waals surface area contributed by atoms with Gasteiger partial charge in [-0.05, 0) is 48.7 Å². The normalized spacial score (nSPS) is 16.3. The second-order valence-corrected chi connectivity index (χ2v) is 6.59. The van der Waals surface area contributed by atoms with Gasteiger partial charge in [0.1, 0.15) is 12.4 Å². The van der Waals surface area contributed by atoms with Gasteiger partial charge in [0.05, 0.1) is 5.92 Å². The van der Waals surface area contributed by atoms with E-state index in [0.717, 1.165) is 41.8 Å². The van der Waals surface area contributed by atoms with Crippen LogP contribution < -0.4 is 10.1 Å². The first-order valence-corrected chi connectivity index (χ1v) is 8.85. The van der Waals surface area contributed by atoms with Crippen LogP contribution in [0.1, 0.15) is 18.9 Å². The number of carbonyl (C=O) groups is 1. The topological polar surface area (TPSA) is 43.3 Å². The third-order valence-electron chi connectivity index (χ3n) is 4.75. The molecule has 25 heavy (non-hydrogen) atoms. The van der Waals surface area contributed by atoms with E-state index in [1.54, 1.807) is 0 Å². The summed E-state index contributed by atoms with van der Waals surface area (Å²) in [5.74, 6) is 0.752. The van der Waals surface area contributed by atoms with Gasteiger partial charge in [-0.1, -0.05) is 25.1 Å². The Balaban J connectivity index is 1.48. The van der Waals surface area contributed by atoms with Gasteiger partial charge in [-0.25, -0.2) is 0 Å². The molecule has 1 unspecified atom stereocenters. The van der Waals surface area contributed by atoms with E-state index in [1.807, 2.05) is 36.4 Å². The van der Waals surface area contributed by atoms with Crippen molar-refractivity contribution in [2.45, 2.75) is 26.3 Å². The molecule has 0 saturated heterocycles. The average molecular weight is 334 g/mol. The lowest BCUT2D eigenvalue weighted by Crippen LogP contribution is -2.32. The number of amides is 1. The summed E-state index contributed by atoms with van der Waals surface area (Å²) in [7, 11) is 0. The molecule has 1 aromatic heterocycles. The van der Waals surface area contributed by atoms with Crippen molar-refractivity contribution in [3.05, 3.63) is 60.3 Å². The number of anilines is 1. The zero-order valence-electron chi connectivity index (χ0n) is 14.4. The second-order valence-electron chi connectivity index (χ2n) is 6.59. The van der Waals surface area contributed by atoms with Crippen molar-refractivity contribution in [3.63, 3.8) is 0 Å². The summed E-state index contributed by atoms with van der Waals surface area (Å²) in [6, 6.07) is 16.1. The monoisotopic (exact) mass is 334 g/mol. The Morgan fingerprint density at radius 3 is 3.00 bits per heavy atom. The third kappa shape index (κ3) is 3.12. The smallest absolute Gasteiger partial charge is 0.231 e. The van der Waals surface area contributed by atoms with Gasteiger partial charge in [-0.3, -0.25) is 4.79 Å². The molecule has 0 aliphatic carbocycles. The van der Waals surface area contributed by atoms with Crippen LogP contribution in [0.15, 0.2) is 54.7 Å². The summed E-state index contributed by atoms with van der Waals surface area (Å²) >= 11 is 0. The first-order valence-electron chi connectivity index (χ1n) is 8.85. The van der Waals surface area contributed by atoms with Gasteiger partial charge in [0, 0.05) is 29.3 Å². The van der Waals surface area contributed by atoms with Crippen LogP contribution in [0.2, 0.25) is 0 Å². The van der Waals surface area contributed by atoms with Crippen LogP contribution in [-0.4, -0.2) is 17.1 Å². The summed E-state index contributed by atoms with van der Waals surface area (Å²) in [4.78, 5) is 12.6. The number of rotatable bonds is 4. The van der Waals surface area contributed by atoms with Crippen molar-refractivity contribution in [2.75, 3.05) is 11.9 Å². The number of carbonyl (C=O) groups excluding carboxylic acids is 1. The van der Waals surface area contributed by atoms with E-state index in [0.29, 0.717) is 6.61 Å². The van der Waals surface area contributed by atoms with Crippen molar-refractivity contribution in [1.29, 1.82) is 0 Å². The number of fused-ring (bicyclic) bond motifs is 2. The van der Waals surface area contributed by atoms with E-state index in [4.69, 9.17) is 4.74 Å². The number of aromatic nitrogens is 1. The first-order chi connectivity index (χ1) is 12.2. The van der Waals surface area contributed by atoms with Crippen LogP contribution in [0.5, 0.6) is 5.75 Å². The maximum Gasteiger partial charge on any atom is 0.231 e. The van der Waals surface area contributed by atoms with Gasteiger partial charge in [0.15, 0.2) is 0 Å². The molecule has 1 atom stereocenters. The predicted octanol–water partition coefficient (Wildman–Crippen LogP) is 4.24. The lowest BCUT2D eigenvalue weighted by molar-refractivity contribution is -0.121. The maximum atomic E-state index is 12.6. The molecule has 2 heterocycles. The molecular weight excluding hydrogens is 312 g/mol. The van der Waals surface area contributed by atoms with Gasteiger partial charge in [-0.2, -0.15) is 0 Å². The molecular formula is C21H22N2O2. The highest BCUT2D eigenvalue weighted by Gasteiger charge is 2.25. The van der Waals surface area contributed by atoms with Gasteiger partial charge < -0.3 is 14.6 Å². The standard InChI is InChI=1S/C21H22N2O2/c1-2-10-23-11-9-15-13-18(7-8-19(15)23)22-21(24)17-12-16-5-3-4-6-20(16)25-14-17/h3-9,11,13,17H,2,10,12,14H2,1H3,(H,22,24). The number of hydrogen-bond acceptors (Lipinski definition) is 2. The molecule has 3 aromatic rings. The maximum absolute atomic E-state index is 12.6. The summed E-state index contributed by atoms with van der Waals surface area (Å²) in [5, 5.41) is 4.20. The van der Waals surface area contributed by atoms with Gasteiger partial charge in [0.25, 0.3) is 0 Å². The van der Waals surface area contributed by atoms with Crippen molar-refractivity contribution in [3.8, 4) is 5.75 Å². The van der Waals surface area contributed by atoms with Crippen LogP contribution in [0, 0.1) is 5.92 Å². The van der Waals surface area contributed by atoms with E-state index in [2.05, 4.69) is 35.1 Å². The van der Waals surface area contributed by atoms with Crippen LogP contribution in [0.25, 0.3) is 10.9 Å². The van der Waals surface area contributed by atoms with Gasteiger partial charge in [-0.15, -0.1) is 0 Å². The summed E-state index contributed by atoms with van der Waals surface area (Å²) in [6.07, 6.45) is 3.92. The third-order valence-corrected chi connectivity index (χ3v) is 4.75. The van der Waals surface area contributed by atoms with E-state index >= 15 is 0 Å². The molecule has 1 N–H and O–H groups in total. The minimum Gasteiger partial charge on any atom is -0.492 e. The molecule has 4 heteroatoms. The highest BCUT2D eigenvalue weighted by atomic mass is 16.5. The van der Waals surface area contributed by atoms with E-state index in [1.165, 1.54) is 5.52 Å². The minimum atomic E-state index is -0.157. The Morgan fingerprint density at radius 1 is 1.24 bits per heavy atom. The lowest BCUT2D eigenvalue weighted by atomic mass is 9.96. The molecule has 0 spiro atoms. The Hall–Kier alpha value is -2.75. The number of aryl methyl sites for hydroxylation is 1. The summed E-state index contributed by atoms with van der Waals surface area (Å²) in [6.45, 7) is 3.61. The van der Waals surface area contributed by atoms with Crippen LogP contribution in [0.4, 0.5) is 5.69 Å². The Labute approximate surface area is 147 Å². The van der Waals surface area contributed by atoms with Crippen molar-refractivity contribution < 1.29 is 9.53 Å². The Morgan fingerprint density at radius 2 is 2.12 bits per heavy atom. The predicted molar refractivity (Wildman–Crippen MR) is 100.0 cm³/mol. The van der Waals surface area contributed by atoms with Crippen LogP contribution >= 0.6 is 0 Å². The number of ether oxygens (including phenoxy) is 1. The Kier molecular flexibility index (Phi) is 4.18. The molecule has 4 rings (SSSR count). The number of nitrogens with zero attached hydrogens (tertiary/aromatic N) is 1. The van der Waals surface area contributed by atoms with Crippen LogP contribution in [-0.2, 0) is 17.8 Å². The fourth-order valence-electron chi connectivity index (χ4n) is 3.45. The molecule has 2 aromatic carbocycles. The van der Waals surface area contributed by atoms with Crippen LogP contribution in [0.3, 0.4) is 0 Å². The fourth-order valence-corrected chi connectivity index (χ4v) is 3.45. The largest absolute Gasteiger partial charge is 0.492 e. The van der Waals surface area contributed by atoms with Crippen molar-refractivity contribution in [1.82, 2.24) is 4.57 Å². The van der Waals surface area contributed by atoms with Crippen molar-refractivity contribution in [2.24, 2.45) is 5.92 Å². The summed E-state index contributed by atoms with van der Waals surface area (Å²) in [5.41, 5.74) is 3.14. The quantitative estimate of drug-likeness (QED) is 0.775. The SMILES string of the molecule is CCCn1ccc2cc(NC(=O)C3COc4ccccc4C3)ccc21. The highest BCUT2D eigenvalue weighted by molar-refractivity contribution is 5.95. The molecule has 1 amide bonds. The fraction of sp³-hybridized carbons (Fsp3) is 0.286. The minimum absolute atomic E-state index is 0.0156. The molecule has 0 saturated carbocycles. The average Bonchev–Trinajstić information content (AvgIpc) is 3.04.